The quantitative estimate of drug-likeness (QED) is 0.552. The van der Waals surface area contributed by atoms with Gasteiger partial charge in [0.2, 0.25) is 0 Å². The highest BCUT2D eigenvalue weighted by atomic mass is 16.5. The highest BCUT2D eigenvalue weighted by Gasteiger charge is 2.35. The van der Waals surface area contributed by atoms with Crippen LogP contribution in [-0.2, 0) is 6.42 Å². The SMILES string of the molecule is Cc1c(C)c2c(c(C)c1O)CCC(C)(CCN1CCN(C(=O)c3cccc4ccccc34)CC1)O2. The molecule has 0 aromatic heterocycles. The molecule has 1 unspecified atom stereocenters. The predicted octanol–water partition coefficient (Wildman–Crippen LogP) is 5.40. The van der Waals surface area contributed by atoms with Gasteiger partial charge in [-0.25, -0.2) is 0 Å². The third-order valence-corrected chi connectivity index (χ3v) is 8.23. The molecule has 2 aliphatic rings. The highest BCUT2D eigenvalue weighted by Crippen LogP contribution is 2.44. The van der Waals surface area contributed by atoms with Crippen LogP contribution in [0.3, 0.4) is 0 Å². The topological polar surface area (TPSA) is 53.0 Å². The van der Waals surface area contributed by atoms with Crippen LogP contribution in [-0.4, -0.2) is 59.1 Å². The van der Waals surface area contributed by atoms with Crippen molar-refractivity contribution >= 4 is 16.7 Å². The number of piperazine rings is 1. The minimum absolute atomic E-state index is 0.130. The van der Waals surface area contributed by atoms with Crippen LogP contribution in [0, 0.1) is 20.8 Å². The van der Waals surface area contributed by atoms with Gasteiger partial charge in [0.15, 0.2) is 0 Å². The Bertz CT molecular complexity index is 1270. The minimum atomic E-state index is -0.219. The van der Waals surface area contributed by atoms with Crippen LogP contribution in [0.25, 0.3) is 10.8 Å². The van der Waals surface area contributed by atoms with Crippen LogP contribution < -0.4 is 4.74 Å². The van der Waals surface area contributed by atoms with Crippen LogP contribution >= 0.6 is 0 Å². The Morgan fingerprint density at radius 3 is 2.46 bits per heavy atom. The van der Waals surface area contributed by atoms with E-state index in [0.29, 0.717) is 5.75 Å². The number of hydrogen-bond acceptors (Lipinski definition) is 4. The fourth-order valence-electron chi connectivity index (χ4n) is 5.62. The monoisotopic (exact) mass is 472 g/mol. The summed E-state index contributed by atoms with van der Waals surface area (Å²) in [6, 6.07) is 14.1. The number of carbonyl (C=O) groups excluding carboxylic acids is 1. The van der Waals surface area contributed by atoms with Gasteiger partial charge in [-0.1, -0.05) is 36.4 Å². The number of phenols is 1. The third kappa shape index (κ3) is 4.38. The third-order valence-electron chi connectivity index (χ3n) is 8.23. The summed E-state index contributed by atoms with van der Waals surface area (Å²) in [6.07, 6.45) is 2.82. The number of nitrogens with zero attached hydrogens (tertiary/aromatic N) is 2. The Hall–Kier alpha value is -3.05. The van der Waals surface area contributed by atoms with Crippen molar-refractivity contribution < 1.29 is 14.6 Å². The van der Waals surface area contributed by atoms with E-state index in [1.54, 1.807) is 0 Å². The van der Waals surface area contributed by atoms with Gasteiger partial charge in [-0.05, 0) is 80.5 Å². The number of phenolic OH excluding ortho intramolecular Hbond substituents is 1. The van der Waals surface area contributed by atoms with Gasteiger partial charge in [0.1, 0.15) is 17.1 Å². The maximum Gasteiger partial charge on any atom is 0.254 e. The number of amides is 1. The lowest BCUT2D eigenvalue weighted by molar-refractivity contribution is 0.0338. The molecular weight excluding hydrogens is 436 g/mol. The first kappa shape index (κ1) is 23.7. The van der Waals surface area contributed by atoms with Gasteiger partial charge in [-0.3, -0.25) is 9.69 Å². The molecule has 2 aliphatic heterocycles. The lowest BCUT2D eigenvalue weighted by Gasteiger charge is -2.40. The maximum atomic E-state index is 13.3. The molecule has 3 aromatic carbocycles. The summed E-state index contributed by atoms with van der Waals surface area (Å²) in [6.45, 7) is 12.4. The summed E-state index contributed by atoms with van der Waals surface area (Å²) in [5, 5.41) is 12.6. The smallest absolute Gasteiger partial charge is 0.254 e. The number of fused-ring (bicyclic) bond motifs is 2. The van der Waals surface area contributed by atoms with Crippen LogP contribution in [0.15, 0.2) is 42.5 Å². The van der Waals surface area contributed by atoms with Crippen LogP contribution in [0.2, 0.25) is 0 Å². The number of aromatic hydroxyl groups is 1. The average molecular weight is 473 g/mol. The van der Waals surface area contributed by atoms with E-state index in [-0.39, 0.29) is 11.5 Å². The van der Waals surface area contributed by atoms with Crippen LogP contribution in [0.1, 0.15) is 52.4 Å². The zero-order chi connectivity index (χ0) is 24.7. The summed E-state index contributed by atoms with van der Waals surface area (Å²) in [7, 11) is 0. The predicted molar refractivity (Wildman–Crippen MR) is 141 cm³/mol. The fraction of sp³-hybridized carbons (Fsp3) is 0.433. The second-order valence-corrected chi connectivity index (χ2v) is 10.5. The lowest BCUT2D eigenvalue weighted by atomic mass is 9.85. The van der Waals surface area contributed by atoms with Gasteiger partial charge in [0.05, 0.1) is 0 Å². The van der Waals surface area contributed by atoms with E-state index < -0.39 is 0 Å². The normalized spacial score (nSPS) is 20.5. The van der Waals surface area contributed by atoms with E-state index in [4.69, 9.17) is 4.74 Å². The first-order chi connectivity index (χ1) is 16.8. The van der Waals surface area contributed by atoms with Crippen LogP contribution in [0.4, 0.5) is 0 Å². The molecule has 5 nitrogen and oxygen atoms in total. The molecule has 0 bridgehead atoms. The standard InChI is InChI=1S/C30H36N2O3/c1-20-21(2)28-24(22(3)27(20)33)12-13-30(4,35-28)14-15-31-16-18-32(19-17-31)29(34)26-11-7-9-23-8-5-6-10-25(23)26/h5-11,33H,12-19H2,1-4H3. The van der Waals surface area contributed by atoms with Crippen molar-refractivity contribution in [1.29, 1.82) is 0 Å². The molecule has 3 aromatic rings. The van der Waals surface area contributed by atoms with Crippen molar-refractivity contribution in [2.45, 2.75) is 52.6 Å². The molecule has 35 heavy (non-hydrogen) atoms. The Labute approximate surface area is 208 Å². The lowest BCUT2D eigenvalue weighted by Crippen LogP contribution is -2.50. The summed E-state index contributed by atoms with van der Waals surface area (Å²) >= 11 is 0. The zero-order valence-corrected chi connectivity index (χ0v) is 21.4. The number of hydrogen-bond donors (Lipinski definition) is 1. The second kappa shape index (κ2) is 9.19. The fourth-order valence-corrected chi connectivity index (χ4v) is 5.62. The number of rotatable bonds is 4. The zero-order valence-electron chi connectivity index (χ0n) is 21.4. The number of ether oxygens (including phenoxy) is 1. The molecule has 1 atom stereocenters. The summed E-state index contributed by atoms with van der Waals surface area (Å²) in [5.74, 6) is 1.51. The van der Waals surface area contributed by atoms with E-state index in [0.717, 1.165) is 96.3 Å². The number of benzene rings is 3. The molecule has 1 fully saturated rings. The Morgan fingerprint density at radius 1 is 0.971 bits per heavy atom. The van der Waals surface area contributed by atoms with Crippen molar-refractivity contribution in [3.63, 3.8) is 0 Å². The first-order valence-electron chi connectivity index (χ1n) is 12.8. The van der Waals surface area contributed by atoms with Crippen molar-refractivity contribution in [3.05, 3.63) is 70.3 Å². The van der Waals surface area contributed by atoms with Gasteiger partial charge < -0.3 is 14.7 Å². The van der Waals surface area contributed by atoms with Gasteiger partial charge in [0, 0.05) is 43.9 Å². The molecule has 0 aliphatic carbocycles. The summed E-state index contributed by atoms with van der Waals surface area (Å²) < 4.78 is 6.61. The van der Waals surface area contributed by atoms with E-state index in [9.17, 15) is 9.90 Å². The van der Waals surface area contributed by atoms with Crippen molar-refractivity contribution in [3.8, 4) is 11.5 Å². The van der Waals surface area contributed by atoms with Gasteiger partial charge in [0.25, 0.3) is 5.91 Å². The summed E-state index contributed by atoms with van der Waals surface area (Å²) in [4.78, 5) is 17.7. The molecular formula is C30H36N2O3. The first-order valence-corrected chi connectivity index (χ1v) is 12.8. The molecule has 0 spiro atoms. The molecule has 5 rings (SSSR count). The molecule has 0 radical (unpaired) electrons. The maximum absolute atomic E-state index is 13.3. The molecule has 1 amide bonds. The Balaban J connectivity index is 1.20. The van der Waals surface area contributed by atoms with E-state index in [1.165, 1.54) is 0 Å². The molecule has 5 heteroatoms. The second-order valence-electron chi connectivity index (χ2n) is 10.5. The summed E-state index contributed by atoms with van der Waals surface area (Å²) in [5.41, 5.74) is 4.65. The van der Waals surface area contributed by atoms with Crippen molar-refractivity contribution in [1.82, 2.24) is 9.80 Å². The molecule has 1 saturated heterocycles. The molecule has 184 valence electrons. The molecule has 1 N–H and O–H groups in total. The molecule has 2 heterocycles. The van der Waals surface area contributed by atoms with Gasteiger partial charge in [-0.15, -0.1) is 0 Å². The van der Waals surface area contributed by atoms with Crippen molar-refractivity contribution in [2.75, 3.05) is 32.7 Å². The van der Waals surface area contributed by atoms with E-state index in [2.05, 4.69) is 24.0 Å². The van der Waals surface area contributed by atoms with Gasteiger partial charge in [-0.2, -0.15) is 0 Å². The minimum Gasteiger partial charge on any atom is -0.507 e. The largest absolute Gasteiger partial charge is 0.507 e. The highest BCUT2D eigenvalue weighted by molar-refractivity contribution is 6.07. The van der Waals surface area contributed by atoms with Gasteiger partial charge >= 0.3 is 0 Å². The van der Waals surface area contributed by atoms with E-state index in [1.807, 2.05) is 56.0 Å². The van der Waals surface area contributed by atoms with Crippen LogP contribution in [0.5, 0.6) is 11.5 Å². The Kier molecular flexibility index (Phi) is 6.22. The van der Waals surface area contributed by atoms with Crippen molar-refractivity contribution in [2.24, 2.45) is 0 Å². The number of carbonyl (C=O) groups is 1. The Morgan fingerprint density at radius 2 is 1.69 bits per heavy atom. The molecule has 0 saturated carbocycles. The van der Waals surface area contributed by atoms with E-state index >= 15 is 0 Å². The average Bonchev–Trinajstić information content (AvgIpc) is 2.89.